The van der Waals surface area contributed by atoms with Gasteiger partial charge in [-0.1, -0.05) is 38.1 Å². The summed E-state index contributed by atoms with van der Waals surface area (Å²) in [6, 6.07) is 8.47. The lowest BCUT2D eigenvalue weighted by Crippen LogP contribution is -2.13. The zero-order valence-corrected chi connectivity index (χ0v) is 11.4. The predicted octanol–water partition coefficient (Wildman–Crippen LogP) is 2.89. The summed E-state index contributed by atoms with van der Waals surface area (Å²) in [5, 5.41) is 0. The minimum Gasteiger partial charge on any atom is -0.309 e. The number of nitrogens with zero attached hydrogens (tertiary/aromatic N) is 1. The van der Waals surface area contributed by atoms with Gasteiger partial charge in [-0.25, -0.2) is 4.79 Å². The fraction of sp³-hybridized carbons (Fsp3) is 0.400. The molecule has 0 radical (unpaired) electrons. The zero-order chi connectivity index (χ0) is 13.3. The molecule has 0 atom stereocenters. The van der Waals surface area contributed by atoms with E-state index in [2.05, 4.69) is 43.1 Å². The molecule has 96 valence electrons. The Labute approximate surface area is 107 Å². The number of hydrogen-bond donors (Lipinski definition) is 1. The van der Waals surface area contributed by atoms with Gasteiger partial charge in [0.25, 0.3) is 0 Å². The first-order valence-corrected chi connectivity index (χ1v) is 6.34. The minimum atomic E-state index is -0.0613. The number of nitrogens with one attached hydrogen (secondary N) is 1. The maximum atomic E-state index is 11.6. The summed E-state index contributed by atoms with van der Waals surface area (Å²) in [4.78, 5) is 14.4. The molecule has 0 saturated carbocycles. The van der Waals surface area contributed by atoms with Crippen LogP contribution in [0.15, 0.2) is 29.1 Å². The van der Waals surface area contributed by atoms with Crippen molar-refractivity contribution in [1.29, 1.82) is 0 Å². The number of hydrogen-bond acceptors (Lipinski definition) is 1. The summed E-state index contributed by atoms with van der Waals surface area (Å²) in [7, 11) is 1.79. The van der Waals surface area contributed by atoms with Crippen LogP contribution in [0.1, 0.15) is 25.1 Å². The molecule has 1 N–H and O–H groups in total. The first-order valence-electron chi connectivity index (χ1n) is 6.34. The molecule has 0 fully saturated rings. The van der Waals surface area contributed by atoms with Crippen molar-refractivity contribution in [1.82, 2.24) is 9.55 Å². The molecule has 1 heterocycles. The second-order valence-corrected chi connectivity index (χ2v) is 5.26. The molecule has 0 amide bonds. The van der Waals surface area contributed by atoms with Gasteiger partial charge in [-0.05, 0) is 24.8 Å². The fourth-order valence-corrected chi connectivity index (χ4v) is 2.34. The first kappa shape index (κ1) is 12.7. The number of H-pyrrole nitrogens is 1. The van der Waals surface area contributed by atoms with E-state index in [4.69, 9.17) is 0 Å². The number of benzene rings is 1. The molecule has 0 bridgehead atoms. The van der Waals surface area contributed by atoms with Crippen LogP contribution in [0.25, 0.3) is 11.3 Å². The summed E-state index contributed by atoms with van der Waals surface area (Å²) >= 11 is 0. The Morgan fingerprint density at radius 2 is 1.83 bits per heavy atom. The largest absolute Gasteiger partial charge is 0.325 e. The topological polar surface area (TPSA) is 37.8 Å². The van der Waals surface area contributed by atoms with Crippen LogP contribution in [-0.4, -0.2) is 9.55 Å². The molecule has 0 aliphatic heterocycles. The smallest absolute Gasteiger partial charge is 0.309 e. The summed E-state index contributed by atoms with van der Waals surface area (Å²) in [6.07, 6.45) is 1.09. The molecule has 1 aromatic carbocycles. The van der Waals surface area contributed by atoms with Gasteiger partial charge in [-0.2, -0.15) is 0 Å². The van der Waals surface area contributed by atoms with Crippen molar-refractivity contribution in [3.8, 4) is 11.3 Å². The Morgan fingerprint density at radius 3 is 2.28 bits per heavy atom. The maximum Gasteiger partial charge on any atom is 0.325 e. The van der Waals surface area contributed by atoms with Gasteiger partial charge in [0.1, 0.15) is 0 Å². The maximum absolute atomic E-state index is 11.6. The van der Waals surface area contributed by atoms with Crippen LogP contribution in [0.5, 0.6) is 0 Å². The SMILES string of the molecule is Cc1[nH]c(=O)n(C)c1-c1ccc(CC(C)C)cc1. The average Bonchev–Trinajstić information content (AvgIpc) is 2.54. The van der Waals surface area contributed by atoms with Crippen molar-refractivity contribution in [3.05, 3.63) is 46.0 Å². The highest BCUT2D eigenvalue weighted by Crippen LogP contribution is 2.21. The van der Waals surface area contributed by atoms with Gasteiger partial charge in [0.05, 0.1) is 5.69 Å². The lowest BCUT2D eigenvalue weighted by molar-refractivity contribution is 0.647. The molecule has 0 aliphatic rings. The lowest BCUT2D eigenvalue weighted by atomic mass is 10.0. The Bertz CT molecular complexity index is 588. The molecule has 0 unspecified atom stereocenters. The van der Waals surface area contributed by atoms with E-state index >= 15 is 0 Å². The van der Waals surface area contributed by atoms with Crippen LogP contribution in [0.4, 0.5) is 0 Å². The Balaban J connectivity index is 2.37. The molecule has 0 spiro atoms. The number of aryl methyl sites for hydroxylation is 1. The third-order valence-corrected chi connectivity index (χ3v) is 3.16. The van der Waals surface area contributed by atoms with Crippen LogP contribution in [-0.2, 0) is 13.5 Å². The van der Waals surface area contributed by atoms with Crippen LogP contribution < -0.4 is 5.69 Å². The second-order valence-electron chi connectivity index (χ2n) is 5.26. The normalized spacial score (nSPS) is 11.2. The third kappa shape index (κ3) is 2.40. The van der Waals surface area contributed by atoms with E-state index in [0.717, 1.165) is 23.4 Å². The molecule has 18 heavy (non-hydrogen) atoms. The average molecular weight is 244 g/mol. The molecule has 0 aliphatic carbocycles. The van der Waals surface area contributed by atoms with Crippen molar-refractivity contribution in [2.75, 3.05) is 0 Å². The highest BCUT2D eigenvalue weighted by Gasteiger charge is 2.09. The van der Waals surface area contributed by atoms with Crippen LogP contribution in [0.3, 0.4) is 0 Å². The van der Waals surface area contributed by atoms with E-state index in [1.807, 2.05) is 6.92 Å². The van der Waals surface area contributed by atoms with Gasteiger partial charge < -0.3 is 4.98 Å². The second kappa shape index (κ2) is 4.84. The molecule has 1 aromatic heterocycles. The first-order chi connectivity index (χ1) is 8.49. The van der Waals surface area contributed by atoms with E-state index in [0.29, 0.717) is 5.92 Å². The van der Waals surface area contributed by atoms with Gasteiger partial charge in [-0.3, -0.25) is 4.57 Å². The van der Waals surface area contributed by atoms with Crippen molar-refractivity contribution in [2.24, 2.45) is 13.0 Å². The van der Waals surface area contributed by atoms with Crippen molar-refractivity contribution >= 4 is 0 Å². The molecule has 2 rings (SSSR count). The monoisotopic (exact) mass is 244 g/mol. The van der Waals surface area contributed by atoms with Crippen LogP contribution in [0, 0.1) is 12.8 Å². The molecule has 3 nitrogen and oxygen atoms in total. The van der Waals surface area contributed by atoms with Crippen LogP contribution >= 0.6 is 0 Å². The Hall–Kier alpha value is -1.77. The summed E-state index contributed by atoms with van der Waals surface area (Å²) in [5.74, 6) is 0.661. The van der Waals surface area contributed by atoms with Crippen LogP contribution in [0.2, 0.25) is 0 Å². The van der Waals surface area contributed by atoms with E-state index in [1.54, 1.807) is 11.6 Å². The van der Waals surface area contributed by atoms with E-state index in [1.165, 1.54) is 5.56 Å². The number of rotatable bonds is 3. The van der Waals surface area contributed by atoms with Crippen molar-refractivity contribution in [3.63, 3.8) is 0 Å². The molecule has 3 heteroatoms. The highest BCUT2D eigenvalue weighted by molar-refractivity contribution is 5.62. The number of imidazole rings is 1. The fourth-order valence-electron chi connectivity index (χ4n) is 2.34. The van der Waals surface area contributed by atoms with Gasteiger partial charge in [-0.15, -0.1) is 0 Å². The summed E-state index contributed by atoms with van der Waals surface area (Å²) in [5.41, 5.74) is 4.25. The zero-order valence-electron chi connectivity index (χ0n) is 11.4. The van der Waals surface area contributed by atoms with E-state index in [-0.39, 0.29) is 5.69 Å². The molecule has 2 aromatic rings. The standard InChI is InChI=1S/C15H20N2O/c1-10(2)9-12-5-7-13(8-6-12)14-11(3)16-15(18)17(14)4/h5-8,10H,9H2,1-4H3,(H,16,18). The Morgan fingerprint density at radius 1 is 1.22 bits per heavy atom. The number of aromatic amines is 1. The molecular formula is C15H20N2O. The van der Waals surface area contributed by atoms with Gasteiger partial charge in [0, 0.05) is 18.3 Å². The predicted molar refractivity (Wildman–Crippen MR) is 74.7 cm³/mol. The Kier molecular flexibility index (Phi) is 3.41. The van der Waals surface area contributed by atoms with Gasteiger partial charge >= 0.3 is 5.69 Å². The highest BCUT2D eigenvalue weighted by atomic mass is 16.1. The van der Waals surface area contributed by atoms with E-state index in [9.17, 15) is 4.79 Å². The third-order valence-electron chi connectivity index (χ3n) is 3.16. The van der Waals surface area contributed by atoms with Gasteiger partial charge in [0.2, 0.25) is 0 Å². The molecular weight excluding hydrogens is 224 g/mol. The minimum absolute atomic E-state index is 0.0613. The summed E-state index contributed by atoms with van der Waals surface area (Å²) in [6.45, 7) is 6.36. The summed E-state index contributed by atoms with van der Waals surface area (Å²) < 4.78 is 1.66. The lowest BCUT2D eigenvalue weighted by Gasteiger charge is -2.07. The molecule has 0 saturated heterocycles. The van der Waals surface area contributed by atoms with E-state index < -0.39 is 0 Å². The van der Waals surface area contributed by atoms with Crippen molar-refractivity contribution < 1.29 is 0 Å². The quantitative estimate of drug-likeness (QED) is 0.885. The van der Waals surface area contributed by atoms with Crippen molar-refractivity contribution in [2.45, 2.75) is 27.2 Å². The van der Waals surface area contributed by atoms with Gasteiger partial charge in [0.15, 0.2) is 0 Å². The number of aromatic nitrogens is 2.